The van der Waals surface area contributed by atoms with Crippen LogP contribution in [0.2, 0.25) is 0 Å². The van der Waals surface area contributed by atoms with Gasteiger partial charge in [-0.2, -0.15) is 0 Å². The summed E-state index contributed by atoms with van der Waals surface area (Å²) in [5.74, 6) is 0.919. The summed E-state index contributed by atoms with van der Waals surface area (Å²) in [6, 6.07) is 0.808. The highest BCUT2D eigenvalue weighted by atomic mass is 15.2. The van der Waals surface area contributed by atoms with Crippen LogP contribution in [0, 0.1) is 5.92 Å². The highest BCUT2D eigenvalue weighted by Gasteiger charge is 2.21. The molecular weight excluding hydrogens is 220 g/mol. The number of hydrogen-bond donors (Lipinski definition) is 1. The van der Waals surface area contributed by atoms with Crippen LogP contribution < -0.4 is 5.32 Å². The van der Waals surface area contributed by atoms with Gasteiger partial charge in [-0.15, -0.1) is 0 Å². The topological polar surface area (TPSA) is 15.3 Å². The third-order valence-electron chi connectivity index (χ3n) is 4.49. The molecule has 0 amide bonds. The first kappa shape index (κ1) is 16.0. The van der Waals surface area contributed by atoms with Gasteiger partial charge in [0.05, 0.1) is 0 Å². The van der Waals surface area contributed by atoms with E-state index < -0.39 is 0 Å². The zero-order chi connectivity index (χ0) is 13.2. The van der Waals surface area contributed by atoms with Crippen molar-refractivity contribution in [1.82, 2.24) is 10.2 Å². The Balaban J connectivity index is 2.06. The molecule has 0 aromatic heterocycles. The summed E-state index contributed by atoms with van der Waals surface area (Å²) >= 11 is 0. The van der Waals surface area contributed by atoms with Gasteiger partial charge in [-0.1, -0.05) is 39.0 Å². The van der Waals surface area contributed by atoms with E-state index in [9.17, 15) is 0 Å². The maximum Gasteiger partial charge on any atom is 0.00669 e. The van der Waals surface area contributed by atoms with E-state index in [0.29, 0.717) is 0 Å². The number of piperidine rings is 1. The number of likely N-dealkylation sites (tertiary alicyclic amines) is 1. The maximum absolute atomic E-state index is 3.32. The van der Waals surface area contributed by atoms with E-state index >= 15 is 0 Å². The first-order valence-corrected chi connectivity index (χ1v) is 8.16. The average Bonchev–Trinajstić information content (AvgIpc) is 2.39. The molecule has 108 valence electrons. The number of nitrogens with zero attached hydrogens (tertiary/aromatic N) is 1. The Kier molecular flexibility index (Phi) is 8.70. The van der Waals surface area contributed by atoms with E-state index in [2.05, 4.69) is 31.1 Å². The van der Waals surface area contributed by atoms with Gasteiger partial charge in [0.25, 0.3) is 0 Å². The van der Waals surface area contributed by atoms with Crippen LogP contribution in [0.25, 0.3) is 0 Å². The van der Waals surface area contributed by atoms with Gasteiger partial charge in [-0.25, -0.2) is 0 Å². The van der Waals surface area contributed by atoms with Gasteiger partial charge >= 0.3 is 0 Å². The monoisotopic (exact) mass is 254 g/mol. The molecule has 0 aromatic rings. The zero-order valence-electron chi connectivity index (χ0n) is 12.9. The van der Waals surface area contributed by atoms with Crippen LogP contribution >= 0.6 is 0 Å². The molecule has 0 saturated carbocycles. The maximum atomic E-state index is 3.32. The van der Waals surface area contributed by atoms with Crippen molar-refractivity contribution < 1.29 is 0 Å². The predicted molar refractivity (Wildman–Crippen MR) is 81.1 cm³/mol. The summed E-state index contributed by atoms with van der Waals surface area (Å²) in [4.78, 5) is 2.71. The van der Waals surface area contributed by atoms with Crippen molar-refractivity contribution in [2.75, 3.05) is 26.7 Å². The van der Waals surface area contributed by atoms with Crippen molar-refractivity contribution in [2.45, 2.75) is 71.3 Å². The average molecular weight is 254 g/mol. The lowest BCUT2D eigenvalue weighted by Gasteiger charge is -2.36. The van der Waals surface area contributed by atoms with E-state index in [4.69, 9.17) is 0 Å². The van der Waals surface area contributed by atoms with Crippen molar-refractivity contribution in [2.24, 2.45) is 5.92 Å². The van der Waals surface area contributed by atoms with Crippen LogP contribution in [-0.2, 0) is 0 Å². The molecule has 1 rings (SSSR count). The molecule has 1 unspecified atom stereocenters. The lowest BCUT2D eigenvalue weighted by atomic mass is 9.95. The molecule has 1 heterocycles. The lowest BCUT2D eigenvalue weighted by Crippen LogP contribution is -2.41. The molecule has 18 heavy (non-hydrogen) atoms. The second kappa shape index (κ2) is 9.80. The third kappa shape index (κ3) is 6.19. The highest BCUT2D eigenvalue weighted by molar-refractivity contribution is 4.77. The van der Waals surface area contributed by atoms with Gasteiger partial charge in [0.2, 0.25) is 0 Å². The van der Waals surface area contributed by atoms with E-state index in [-0.39, 0.29) is 0 Å². The second-order valence-electron chi connectivity index (χ2n) is 6.09. The molecule has 0 spiro atoms. The molecule has 0 aliphatic carbocycles. The molecule has 2 heteroatoms. The first-order chi connectivity index (χ1) is 8.77. The molecule has 0 radical (unpaired) electrons. The fourth-order valence-electron chi connectivity index (χ4n) is 3.11. The first-order valence-electron chi connectivity index (χ1n) is 8.16. The molecule has 2 nitrogen and oxygen atoms in total. The molecule has 1 aliphatic heterocycles. The molecule has 1 aliphatic rings. The quantitative estimate of drug-likeness (QED) is 0.632. The van der Waals surface area contributed by atoms with E-state index in [0.717, 1.165) is 12.0 Å². The van der Waals surface area contributed by atoms with Crippen molar-refractivity contribution in [3.05, 3.63) is 0 Å². The van der Waals surface area contributed by atoms with E-state index in [1.807, 2.05) is 0 Å². The van der Waals surface area contributed by atoms with Gasteiger partial charge < -0.3 is 10.2 Å². The van der Waals surface area contributed by atoms with E-state index in [1.165, 1.54) is 71.0 Å². The molecule has 1 fully saturated rings. The SMILES string of the molecule is CCCCCCCC(C)N1CCC(CNC)CC1. The summed E-state index contributed by atoms with van der Waals surface area (Å²) in [5.41, 5.74) is 0. The normalized spacial score (nSPS) is 20.2. The van der Waals surface area contributed by atoms with Crippen molar-refractivity contribution in [1.29, 1.82) is 0 Å². The molecule has 1 N–H and O–H groups in total. The molecule has 1 saturated heterocycles. The third-order valence-corrected chi connectivity index (χ3v) is 4.49. The summed E-state index contributed by atoms with van der Waals surface area (Å²) in [7, 11) is 2.07. The second-order valence-corrected chi connectivity index (χ2v) is 6.09. The van der Waals surface area contributed by atoms with Crippen molar-refractivity contribution in [3.8, 4) is 0 Å². The minimum atomic E-state index is 0.808. The van der Waals surface area contributed by atoms with Gasteiger partial charge in [0.1, 0.15) is 0 Å². The molecular formula is C16H34N2. The van der Waals surface area contributed by atoms with Crippen LogP contribution in [0.1, 0.15) is 65.2 Å². The summed E-state index contributed by atoms with van der Waals surface area (Å²) in [5, 5.41) is 3.32. The highest BCUT2D eigenvalue weighted by Crippen LogP contribution is 2.20. The largest absolute Gasteiger partial charge is 0.319 e. The standard InChI is InChI=1S/C16H34N2/c1-4-5-6-7-8-9-15(2)18-12-10-16(11-13-18)14-17-3/h15-17H,4-14H2,1-3H3. The van der Waals surface area contributed by atoms with Crippen molar-refractivity contribution in [3.63, 3.8) is 0 Å². The Morgan fingerprint density at radius 3 is 2.39 bits per heavy atom. The minimum absolute atomic E-state index is 0.808. The Hall–Kier alpha value is -0.0800. The Morgan fingerprint density at radius 1 is 1.11 bits per heavy atom. The predicted octanol–water partition coefficient (Wildman–Crippen LogP) is 3.67. The smallest absolute Gasteiger partial charge is 0.00669 e. The van der Waals surface area contributed by atoms with Crippen LogP contribution in [0.3, 0.4) is 0 Å². The fraction of sp³-hybridized carbons (Fsp3) is 1.00. The van der Waals surface area contributed by atoms with Gasteiger partial charge in [-0.05, 0) is 58.8 Å². The Morgan fingerprint density at radius 2 is 1.78 bits per heavy atom. The fourth-order valence-corrected chi connectivity index (χ4v) is 3.11. The minimum Gasteiger partial charge on any atom is -0.319 e. The van der Waals surface area contributed by atoms with Crippen LogP contribution in [0.4, 0.5) is 0 Å². The summed E-state index contributed by atoms with van der Waals surface area (Å²) < 4.78 is 0. The Labute approximate surface area is 115 Å². The zero-order valence-corrected chi connectivity index (χ0v) is 12.9. The summed E-state index contributed by atoms with van der Waals surface area (Å²) in [6.07, 6.45) is 11.3. The van der Waals surface area contributed by atoms with E-state index in [1.54, 1.807) is 0 Å². The van der Waals surface area contributed by atoms with Gasteiger partial charge in [0.15, 0.2) is 0 Å². The number of nitrogens with one attached hydrogen (secondary N) is 1. The van der Waals surface area contributed by atoms with Gasteiger partial charge in [-0.3, -0.25) is 0 Å². The van der Waals surface area contributed by atoms with Crippen LogP contribution in [0.5, 0.6) is 0 Å². The van der Waals surface area contributed by atoms with Crippen molar-refractivity contribution >= 4 is 0 Å². The Bertz CT molecular complexity index is 186. The van der Waals surface area contributed by atoms with Gasteiger partial charge in [0, 0.05) is 6.04 Å². The summed E-state index contributed by atoms with van der Waals surface area (Å²) in [6.45, 7) is 8.57. The molecule has 0 bridgehead atoms. The van der Waals surface area contributed by atoms with Crippen LogP contribution in [-0.4, -0.2) is 37.6 Å². The molecule has 0 aromatic carbocycles. The number of rotatable bonds is 9. The number of hydrogen-bond acceptors (Lipinski definition) is 2. The van der Waals surface area contributed by atoms with Crippen LogP contribution in [0.15, 0.2) is 0 Å². The number of unbranched alkanes of at least 4 members (excludes halogenated alkanes) is 4. The lowest BCUT2D eigenvalue weighted by molar-refractivity contribution is 0.133. The molecule has 1 atom stereocenters.